The molecule has 1 heterocycles. The van der Waals surface area contributed by atoms with E-state index in [-0.39, 0.29) is 11.9 Å². The van der Waals surface area contributed by atoms with Crippen LogP contribution >= 0.6 is 23.4 Å². The molecule has 0 saturated heterocycles. The zero-order valence-electron chi connectivity index (χ0n) is 15.4. The molecule has 0 bridgehead atoms. The highest BCUT2D eigenvalue weighted by molar-refractivity contribution is 8.14. The molecule has 0 radical (unpaired) electrons. The van der Waals surface area contributed by atoms with Crippen LogP contribution in [0.1, 0.15) is 36.6 Å². The summed E-state index contributed by atoms with van der Waals surface area (Å²) in [5.74, 6) is 0.692. The highest BCUT2D eigenvalue weighted by atomic mass is 35.5. The minimum atomic E-state index is -0.0365. The third-order valence-corrected chi connectivity index (χ3v) is 5.54. The number of benzene rings is 2. The van der Waals surface area contributed by atoms with E-state index >= 15 is 0 Å². The van der Waals surface area contributed by atoms with Crippen molar-refractivity contribution in [1.82, 2.24) is 10.7 Å². The fourth-order valence-electron chi connectivity index (χ4n) is 2.70. The maximum Gasteiger partial charge on any atom is 0.217 e. The van der Waals surface area contributed by atoms with Crippen LogP contribution in [0, 0.1) is 6.92 Å². The van der Waals surface area contributed by atoms with Crippen molar-refractivity contribution in [3.63, 3.8) is 0 Å². The van der Waals surface area contributed by atoms with Crippen molar-refractivity contribution < 1.29 is 4.79 Å². The Bertz CT molecular complexity index is 909. The van der Waals surface area contributed by atoms with Gasteiger partial charge in [0, 0.05) is 17.7 Å². The van der Waals surface area contributed by atoms with E-state index in [9.17, 15) is 4.79 Å². The Morgan fingerprint density at radius 3 is 2.67 bits per heavy atom. The molecule has 1 amide bonds. The van der Waals surface area contributed by atoms with Crippen LogP contribution in [0.4, 0.5) is 5.69 Å². The first-order chi connectivity index (χ1) is 12.9. The number of rotatable bonds is 4. The molecular formula is C20H21ClN4OS. The van der Waals surface area contributed by atoms with Crippen molar-refractivity contribution in [2.45, 2.75) is 26.8 Å². The predicted molar refractivity (Wildman–Crippen MR) is 114 cm³/mol. The van der Waals surface area contributed by atoms with Gasteiger partial charge >= 0.3 is 0 Å². The van der Waals surface area contributed by atoms with Crippen molar-refractivity contribution in [1.29, 1.82) is 0 Å². The highest BCUT2D eigenvalue weighted by Gasteiger charge is 2.14. The Labute approximate surface area is 168 Å². The van der Waals surface area contributed by atoms with Crippen LogP contribution in [0.5, 0.6) is 0 Å². The number of carbonyl (C=O) groups excluding carboxylic acids is 1. The van der Waals surface area contributed by atoms with Crippen molar-refractivity contribution >= 4 is 45.8 Å². The van der Waals surface area contributed by atoms with E-state index in [0.717, 1.165) is 39.0 Å². The van der Waals surface area contributed by atoms with E-state index in [1.165, 1.54) is 6.92 Å². The van der Waals surface area contributed by atoms with Gasteiger partial charge in [-0.1, -0.05) is 53.7 Å². The summed E-state index contributed by atoms with van der Waals surface area (Å²) in [5, 5.41) is 8.80. The molecule has 1 aliphatic heterocycles. The van der Waals surface area contributed by atoms with E-state index in [1.807, 2.05) is 56.3 Å². The first kappa shape index (κ1) is 19.5. The monoisotopic (exact) mass is 400 g/mol. The molecule has 0 aromatic heterocycles. The number of carbonyl (C=O) groups is 1. The average Bonchev–Trinajstić information content (AvgIpc) is 2.66. The molecule has 2 aromatic carbocycles. The van der Waals surface area contributed by atoms with Gasteiger partial charge in [-0.05, 0) is 42.7 Å². The molecular weight excluding hydrogens is 380 g/mol. The summed E-state index contributed by atoms with van der Waals surface area (Å²) in [4.78, 5) is 15.8. The Morgan fingerprint density at radius 2 is 2.04 bits per heavy atom. The molecule has 3 rings (SSSR count). The summed E-state index contributed by atoms with van der Waals surface area (Å²) < 4.78 is 0. The van der Waals surface area contributed by atoms with Crippen LogP contribution < -0.4 is 10.7 Å². The number of amides is 1. The third-order valence-electron chi connectivity index (χ3n) is 4.26. The second-order valence-electron chi connectivity index (χ2n) is 6.30. The Hall–Kier alpha value is -2.31. The first-order valence-corrected chi connectivity index (χ1v) is 9.97. The third kappa shape index (κ3) is 4.90. The number of nitrogens with one attached hydrogen (secondary N) is 2. The lowest BCUT2D eigenvalue weighted by atomic mass is 10.0. The lowest BCUT2D eigenvalue weighted by molar-refractivity contribution is -0.119. The maximum absolute atomic E-state index is 11.2. The topological polar surface area (TPSA) is 65.8 Å². The molecule has 0 saturated carbocycles. The molecule has 27 heavy (non-hydrogen) atoms. The van der Waals surface area contributed by atoms with Crippen LogP contribution in [0.25, 0.3) is 0 Å². The maximum atomic E-state index is 11.2. The summed E-state index contributed by atoms with van der Waals surface area (Å²) in [5.41, 5.74) is 7.89. The van der Waals surface area contributed by atoms with Crippen molar-refractivity contribution in [2.75, 3.05) is 5.75 Å². The molecule has 0 unspecified atom stereocenters. The van der Waals surface area contributed by atoms with Gasteiger partial charge in [0.25, 0.3) is 0 Å². The fourth-order valence-corrected chi connectivity index (χ4v) is 3.65. The van der Waals surface area contributed by atoms with Crippen LogP contribution in [0.15, 0.2) is 52.6 Å². The number of amidine groups is 1. The average molecular weight is 401 g/mol. The summed E-state index contributed by atoms with van der Waals surface area (Å²) in [7, 11) is 0. The summed E-state index contributed by atoms with van der Waals surface area (Å²) >= 11 is 7.75. The minimum absolute atomic E-state index is 0.0167. The van der Waals surface area contributed by atoms with Gasteiger partial charge in [0.2, 0.25) is 5.91 Å². The van der Waals surface area contributed by atoms with E-state index in [2.05, 4.69) is 20.8 Å². The standard InChI is InChI=1S/C20H21ClN4OS/c1-12-17(21)5-4-6-18(12)23-20-25-24-19(11-27-20)16-9-7-15(8-10-16)13(2)22-14(3)26/h4-10,13H,11H2,1-3H3,(H,22,26)(H,23,25)/t13-/m1/s1. The summed E-state index contributed by atoms with van der Waals surface area (Å²) in [6.07, 6.45) is 0. The molecule has 0 aliphatic carbocycles. The zero-order valence-corrected chi connectivity index (χ0v) is 17.0. The van der Waals surface area contributed by atoms with Gasteiger partial charge in [-0.2, -0.15) is 5.10 Å². The smallest absolute Gasteiger partial charge is 0.217 e. The van der Waals surface area contributed by atoms with Gasteiger partial charge in [0.15, 0.2) is 5.17 Å². The number of hydrogen-bond donors (Lipinski definition) is 2. The quantitative estimate of drug-likeness (QED) is 0.789. The van der Waals surface area contributed by atoms with E-state index in [4.69, 9.17) is 11.6 Å². The largest absolute Gasteiger partial charge is 0.350 e. The van der Waals surface area contributed by atoms with Crippen molar-refractivity contribution in [2.24, 2.45) is 10.1 Å². The predicted octanol–water partition coefficient (Wildman–Crippen LogP) is 4.57. The first-order valence-electron chi connectivity index (χ1n) is 8.60. The second-order valence-corrected chi connectivity index (χ2v) is 7.68. The lowest BCUT2D eigenvalue weighted by Crippen LogP contribution is -2.25. The fraction of sp³-hybridized carbons (Fsp3) is 0.250. The van der Waals surface area contributed by atoms with Gasteiger partial charge in [0.1, 0.15) is 0 Å². The van der Waals surface area contributed by atoms with Crippen LogP contribution in [-0.4, -0.2) is 22.5 Å². The van der Waals surface area contributed by atoms with Gasteiger partial charge in [-0.15, -0.1) is 0 Å². The second kappa shape index (κ2) is 8.59. The molecule has 1 atom stereocenters. The van der Waals surface area contributed by atoms with Crippen LogP contribution in [0.3, 0.4) is 0 Å². The Balaban J connectivity index is 1.71. The summed E-state index contributed by atoms with van der Waals surface area (Å²) in [6.45, 7) is 5.44. The number of aliphatic imine (C=N–C) groups is 1. The SMILES string of the molecule is CC(=O)N[C@H](C)c1ccc(C2=NNC(=Nc3cccc(Cl)c3C)SC2)cc1. The molecule has 2 aromatic rings. The normalized spacial score (nSPS) is 16.4. The lowest BCUT2D eigenvalue weighted by Gasteiger charge is -2.17. The number of halogens is 1. The molecule has 2 N–H and O–H groups in total. The number of hydrazone groups is 1. The van der Waals surface area contributed by atoms with E-state index < -0.39 is 0 Å². The Morgan fingerprint density at radius 1 is 1.30 bits per heavy atom. The van der Waals surface area contributed by atoms with Crippen LogP contribution in [0.2, 0.25) is 5.02 Å². The van der Waals surface area contributed by atoms with E-state index in [1.54, 1.807) is 11.8 Å². The van der Waals surface area contributed by atoms with Gasteiger partial charge in [-0.25, -0.2) is 4.99 Å². The van der Waals surface area contributed by atoms with Crippen molar-refractivity contribution in [3.8, 4) is 0 Å². The molecule has 7 heteroatoms. The van der Waals surface area contributed by atoms with Gasteiger partial charge < -0.3 is 5.32 Å². The van der Waals surface area contributed by atoms with Crippen molar-refractivity contribution in [3.05, 3.63) is 64.2 Å². The number of thioether (sulfide) groups is 1. The Kier molecular flexibility index (Phi) is 6.19. The molecule has 1 aliphatic rings. The molecule has 5 nitrogen and oxygen atoms in total. The van der Waals surface area contributed by atoms with E-state index in [0.29, 0.717) is 5.02 Å². The van der Waals surface area contributed by atoms with Crippen LogP contribution in [-0.2, 0) is 4.79 Å². The number of hydrogen-bond acceptors (Lipinski definition) is 4. The van der Waals surface area contributed by atoms with Gasteiger partial charge in [0.05, 0.1) is 17.4 Å². The summed E-state index contributed by atoms with van der Waals surface area (Å²) in [6, 6.07) is 13.7. The molecule has 0 spiro atoms. The zero-order chi connectivity index (χ0) is 19.4. The molecule has 140 valence electrons. The van der Waals surface area contributed by atoms with Gasteiger partial charge in [-0.3, -0.25) is 10.2 Å². The molecule has 0 fully saturated rings. The number of nitrogens with zero attached hydrogens (tertiary/aromatic N) is 2. The highest BCUT2D eigenvalue weighted by Crippen LogP contribution is 2.27. The minimum Gasteiger partial charge on any atom is -0.350 e.